The molecule has 14 aromatic rings. The van der Waals surface area contributed by atoms with Crippen molar-refractivity contribution in [2.75, 3.05) is 0 Å². The van der Waals surface area contributed by atoms with Gasteiger partial charge in [-0.1, -0.05) is 200 Å². The van der Waals surface area contributed by atoms with E-state index in [1.54, 1.807) is 0 Å². The van der Waals surface area contributed by atoms with Gasteiger partial charge in [-0.25, -0.2) is 15.0 Å². The molecule has 10 aromatic carbocycles. The van der Waals surface area contributed by atoms with Crippen LogP contribution in [0.4, 0.5) is 0 Å². The summed E-state index contributed by atoms with van der Waals surface area (Å²) in [6.45, 7) is 0. The van der Waals surface area contributed by atoms with Gasteiger partial charge in [-0.3, -0.25) is 0 Å². The number of hydrogen-bond acceptors (Lipinski definition) is 4. The predicted octanol–water partition coefficient (Wildman–Crippen LogP) is 16.8. The molecule has 5 nitrogen and oxygen atoms in total. The predicted molar refractivity (Wildman–Crippen MR) is 289 cm³/mol. The van der Waals surface area contributed by atoms with E-state index in [1.165, 1.54) is 47.7 Å². The summed E-state index contributed by atoms with van der Waals surface area (Å²) in [5.41, 5.74) is 14.3. The molecule has 0 bridgehead atoms. The van der Waals surface area contributed by atoms with Gasteiger partial charge < -0.3 is 9.13 Å². The van der Waals surface area contributed by atoms with Crippen LogP contribution in [0.5, 0.6) is 0 Å². The Bertz CT molecular complexity index is 4110. The van der Waals surface area contributed by atoms with E-state index in [2.05, 4.69) is 234 Å². The first-order valence-corrected chi connectivity index (χ1v) is 24.1. The van der Waals surface area contributed by atoms with Crippen molar-refractivity contribution in [1.82, 2.24) is 24.1 Å². The SMILES string of the molecule is c1ccc(-c2ccc(-c3nc(-c4ccc(-c5ccccc5)cc4)nc(-c4cccc5c4c4ccc6c7cccc(-n8c9ccccc9c9ccccc98)c7sc6c4n5-c4ccccc4)n3)cc2)cc1. The Morgan fingerprint density at radius 3 is 1.35 bits per heavy atom. The van der Waals surface area contributed by atoms with Crippen LogP contribution in [0, 0.1) is 0 Å². The van der Waals surface area contributed by atoms with Crippen LogP contribution in [0.1, 0.15) is 0 Å². The van der Waals surface area contributed by atoms with Crippen LogP contribution in [0.25, 0.3) is 132 Å². The zero-order valence-corrected chi connectivity index (χ0v) is 38.0. The van der Waals surface area contributed by atoms with Crippen molar-refractivity contribution in [2.24, 2.45) is 0 Å². The lowest BCUT2D eigenvalue weighted by molar-refractivity contribution is 1.08. The maximum absolute atomic E-state index is 5.36. The lowest BCUT2D eigenvalue weighted by Crippen LogP contribution is -2.00. The van der Waals surface area contributed by atoms with Gasteiger partial charge in [0, 0.05) is 54.7 Å². The number of hydrogen-bond donors (Lipinski definition) is 0. The molecule has 0 N–H and O–H groups in total. The molecule has 322 valence electrons. The molecule has 6 heteroatoms. The summed E-state index contributed by atoms with van der Waals surface area (Å²) < 4.78 is 7.38. The van der Waals surface area contributed by atoms with E-state index in [0.29, 0.717) is 17.5 Å². The average molecular weight is 898 g/mol. The normalized spacial score (nSPS) is 11.8. The fraction of sp³-hybridized carbons (Fsp3) is 0. The third-order valence-corrected chi connectivity index (χ3v) is 14.9. The second kappa shape index (κ2) is 15.8. The standard InChI is InChI=1S/C63H39N5S/c1-4-16-40(17-5-1)42-30-34-44(35-31-42)61-64-62(45-36-32-43(33-37-45)41-18-6-2-7-19-41)66-63(65-61)52-25-15-28-55-57(52)51-39-38-50-49-24-14-29-56(59(49)69-60(50)58(51)67(55)46-20-8-3-9-21-46)68-53-26-12-10-22-47(53)48-23-11-13-27-54(48)68/h1-39H. The Morgan fingerprint density at radius 2 is 0.739 bits per heavy atom. The first-order valence-electron chi connectivity index (χ1n) is 23.3. The quantitative estimate of drug-likeness (QED) is 0.160. The number of para-hydroxylation sites is 3. The number of fused-ring (bicyclic) bond motifs is 10. The van der Waals surface area contributed by atoms with Crippen LogP contribution in [0.2, 0.25) is 0 Å². The van der Waals surface area contributed by atoms with Gasteiger partial charge in [0.15, 0.2) is 17.5 Å². The molecule has 0 aliphatic heterocycles. The van der Waals surface area contributed by atoms with Gasteiger partial charge >= 0.3 is 0 Å². The summed E-state index contributed by atoms with van der Waals surface area (Å²) in [4.78, 5) is 15.9. The van der Waals surface area contributed by atoms with Crippen LogP contribution in [0.15, 0.2) is 237 Å². The summed E-state index contributed by atoms with van der Waals surface area (Å²) in [5.74, 6) is 1.86. The Hall–Kier alpha value is -8.97. The smallest absolute Gasteiger partial charge is 0.164 e. The molecule has 4 aromatic heterocycles. The monoisotopic (exact) mass is 897 g/mol. The van der Waals surface area contributed by atoms with Gasteiger partial charge in [0.05, 0.1) is 37.2 Å². The van der Waals surface area contributed by atoms with Crippen molar-refractivity contribution < 1.29 is 0 Å². The van der Waals surface area contributed by atoms with Gasteiger partial charge in [0.1, 0.15) is 0 Å². The minimum Gasteiger partial charge on any atom is -0.308 e. The second-order valence-corrected chi connectivity index (χ2v) is 18.5. The molecule has 0 aliphatic carbocycles. The summed E-state index contributed by atoms with van der Waals surface area (Å²) >= 11 is 1.87. The zero-order valence-electron chi connectivity index (χ0n) is 37.2. The lowest BCUT2D eigenvalue weighted by atomic mass is 10.0. The molecule has 0 saturated heterocycles. The highest BCUT2D eigenvalue weighted by molar-refractivity contribution is 7.27. The highest BCUT2D eigenvalue weighted by Crippen LogP contribution is 2.47. The summed E-state index contributed by atoms with van der Waals surface area (Å²) in [5, 5.41) is 7.22. The van der Waals surface area contributed by atoms with Gasteiger partial charge in [0.25, 0.3) is 0 Å². The van der Waals surface area contributed by atoms with E-state index >= 15 is 0 Å². The zero-order chi connectivity index (χ0) is 45.4. The number of benzene rings is 10. The highest BCUT2D eigenvalue weighted by Gasteiger charge is 2.24. The van der Waals surface area contributed by atoms with Crippen LogP contribution in [-0.2, 0) is 0 Å². The van der Waals surface area contributed by atoms with E-state index in [-0.39, 0.29) is 0 Å². The van der Waals surface area contributed by atoms with E-state index in [0.717, 1.165) is 66.4 Å². The third kappa shape index (κ3) is 6.34. The maximum Gasteiger partial charge on any atom is 0.164 e. The number of rotatable bonds is 7. The number of nitrogens with zero attached hydrogens (tertiary/aromatic N) is 5. The first kappa shape index (κ1) is 39.2. The Balaban J connectivity index is 1.01. The molecular formula is C63H39N5S. The van der Waals surface area contributed by atoms with Gasteiger partial charge in [-0.05, 0) is 58.7 Å². The van der Waals surface area contributed by atoms with E-state index in [9.17, 15) is 0 Å². The van der Waals surface area contributed by atoms with Crippen molar-refractivity contribution in [2.45, 2.75) is 0 Å². The van der Waals surface area contributed by atoms with Crippen molar-refractivity contribution in [3.8, 4) is 67.8 Å². The lowest BCUT2D eigenvalue weighted by Gasteiger charge is -2.11. The van der Waals surface area contributed by atoms with Crippen molar-refractivity contribution in [3.63, 3.8) is 0 Å². The maximum atomic E-state index is 5.36. The largest absolute Gasteiger partial charge is 0.308 e. The first-order chi connectivity index (χ1) is 34.2. The number of thiophene rings is 1. The highest BCUT2D eigenvalue weighted by atomic mass is 32.1. The summed E-state index contributed by atoms with van der Waals surface area (Å²) in [7, 11) is 0. The fourth-order valence-corrected chi connectivity index (χ4v) is 11.8. The van der Waals surface area contributed by atoms with Crippen LogP contribution in [-0.4, -0.2) is 24.1 Å². The Kier molecular flexibility index (Phi) is 9.00. The summed E-state index contributed by atoms with van der Waals surface area (Å²) in [6, 6.07) is 84.3. The van der Waals surface area contributed by atoms with Crippen LogP contribution in [0.3, 0.4) is 0 Å². The van der Waals surface area contributed by atoms with E-state index in [1.807, 2.05) is 23.5 Å². The summed E-state index contributed by atoms with van der Waals surface area (Å²) in [6.07, 6.45) is 0. The average Bonchev–Trinajstić information content (AvgIpc) is 4.10. The minimum atomic E-state index is 0.620. The molecule has 0 saturated carbocycles. The molecular weight excluding hydrogens is 859 g/mol. The molecule has 0 radical (unpaired) electrons. The Morgan fingerprint density at radius 1 is 0.290 bits per heavy atom. The molecule has 0 fully saturated rings. The van der Waals surface area contributed by atoms with Crippen molar-refractivity contribution in [1.29, 1.82) is 0 Å². The molecule has 0 aliphatic rings. The fourth-order valence-electron chi connectivity index (χ4n) is 10.4. The van der Waals surface area contributed by atoms with Crippen molar-refractivity contribution >= 4 is 75.1 Å². The molecule has 69 heavy (non-hydrogen) atoms. The number of aromatic nitrogens is 5. The molecule has 0 unspecified atom stereocenters. The van der Waals surface area contributed by atoms with Crippen LogP contribution < -0.4 is 0 Å². The second-order valence-electron chi connectivity index (χ2n) is 17.5. The van der Waals surface area contributed by atoms with E-state index in [4.69, 9.17) is 15.0 Å². The topological polar surface area (TPSA) is 48.5 Å². The van der Waals surface area contributed by atoms with Crippen molar-refractivity contribution in [3.05, 3.63) is 237 Å². The van der Waals surface area contributed by atoms with Crippen LogP contribution >= 0.6 is 11.3 Å². The van der Waals surface area contributed by atoms with Gasteiger partial charge in [-0.2, -0.15) is 0 Å². The van der Waals surface area contributed by atoms with E-state index < -0.39 is 0 Å². The Labute approximate surface area is 401 Å². The molecule has 4 heterocycles. The molecule has 0 amide bonds. The molecule has 0 spiro atoms. The third-order valence-electron chi connectivity index (χ3n) is 13.6. The minimum absolute atomic E-state index is 0.620. The van der Waals surface area contributed by atoms with Gasteiger partial charge in [-0.15, -0.1) is 11.3 Å². The molecule has 0 atom stereocenters. The molecule has 14 rings (SSSR count). The van der Waals surface area contributed by atoms with Gasteiger partial charge in [0.2, 0.25) is 0 Å².